The molecule has 2 aliphatic heterocycles. The Bertz CT molecular complexity index is 1460. The van der Waals surface area contributed by atoms with E-state index in [1.807, 2.05) is 37.5 Å². The van der Waals surface area contributed by atoms with Crippen LogP contribution < -0.4 is 15.4 Å². The minimum atomic E-state index is 0.346. The molecule has 6 heterocycles. The quantitative estimate of drug-likeness (QED) is 0.410. The molecule has 0 radical (unpaired) electrons. The predicted molar refractivity (Wildman–Crippen MR) is 136 cm³/mol. The van der Waals surface area contributed by atoms with Gasteiger partial charge in [-0.2, -0.15) is 4.98 Å². The number of nitrogens with zero attached hydrogens (tertiary/aromatic N) is 5. The molecule has 0 spiro atoms. The summed E-state index contributed by atoms with van der Waals surface area (Å²) in [5.41, 5.74) is 2.75. The maximum Gasteiger partial charge on any atom is 0.215 e. The van der Waals surface area contributed by atoms with Gasteiger partial charge in [-0.15, -0.1) is 0 Å². The number of hydrogen-bond acceptors (Lipinski definition) is 8. The Morgan fingerprint density at radius 3 is 2.97 bits per heavy atom. The molecule has 6 bridgehead atoms. The molecule has 0 aromatic carbocycles. The maximum absolute atomic E-state index is 6.13. The SMILES string of the molecule is CNc1ncc2c3cc(ncc13)Nc1cccc(n1)OCC1CCCN1Cc1ccnc(c1)C#C2. The monoisotopic (exact) mass is 463 g/mol. The third-order valence-corrected chi connectivity index (χ3v) is 6.45. The minimum Gasteiger partial charge on any atom is -0.476 e. The molecule has 0 aliphatic carbocycles. The second-order valence-electron chi connectivity index (χ2n) is 8.75. The van der Waals surface area contributed by atoms with Crippen LogP contribution in [-0.4, -0.2) is 51.1 Å². The number of rotatable bonds is 1. The van der Waals surface area contributed by atoms with Crippen molar-refractivity contribution in [1.29, 1.82) is 0 Å². The van der Waals surface area contributed by atoms with Crippen LogP contribution in [0.1, 0.15) is 29.7 Å². The Balaban J connectivity index is 1.47. The third kappa shape index (κ3) is 4.46. The predicted octanol–water partition coefficient (Wildman–Crippen LogP) is 3.96. The van der Waals surface area contributed by atoms with E-state index >= 15 is 0 Å². The highest BCUT2D eigenvalue weighted by atomic mass is 16.5. The molecule has 0 saturated carbocycles. The number of hydrogen-bond donors (Lipinski definition) is 2. The normalized spacial score (nSPS) is 17.3. The Kier molecular flexibility index (Phi) is 5.60. The van der Waals surface area contributed by atoms with Gasteiger partial charge in [0.05, 0.1) is 5.56 Å². The molecule has 35 heavy (non-hydrogen) atoms. The summed E-state index contributed by atoms with van der Waals surface area (Å²) in [6.07, 6.45) is 7.69. The first kappa shape index (κ1) is 21.3. The van der Waals surface area contributed by atoms with Crippen LogP contribution >= 0.6 is 0 Å². The summed E-state index contributed by atoms with van der Waals surface area (Å²) in [6.45, 7) is 2.50. The van der Waals surface area contributed by atoms with Crippen LogP contribution in [0.25, 0.3) is 10.8 Å². The standard InChI is InChI=1S/C27H25N7O/c1-28-27-23-15-30-25-13-22(23)19(14-31-27)7-8-20-12-18(9-10-29-20)16-34-11-3-4-21(34)17-35-26-6-2-5-24(32-25)33-26/h2,5-6,9-10,12-15,21H,3-4,11,16-17H2,1H3,(H,28,31)(H,30,32,33). The van der Waals surface area contributed by atoms with Gasteiger partial charge in [0.1, 0.15) is 29.8 Å². The average Bonchev–Trinajstić information content (AvgIpc) is 3.32. The highest BCUT2D eigenvalue weighted by Gasteiger charge is 2.25. The van der Waals surface area contributed by atoms with E-state index in [4.69, 9.17) is 4.74 Å². The zero-order valence-electron chi connectivity index (χ0n) is 19.5. The van der Waals surface area contributed by atoms with Gasteiger partial charge in [0.15, 0.2) is 0 Å². The van der Waals surface area contributed by atoms with Gasteiger partial charge in [-0.1, -0.05) is 12.0 Å². The molecule has 1 atom stereocenters. The van der Waals surface area contributed by atoms with Gasteiger partial charge in [-0.25, -0.2) is 15.0 Å². The molecule has 8 heteroatoms. The lowest BCUT2D eigenvalue weighted by molar-refractivity contribution is 0.163. The second kappa shape index (κ2) is 9.20. The Morgan fingerprint density at radius 2 is 2.03 bits per heavy atom. The summed E-state index contributed by atoms with van der Waals surface area (Å²) in [4.78, 5) is 20.7. The van der Waals surface area contributed by atoms with Gasteiger partial charge < -0.3 is 15.4 Å². The summed E-state index contributed by atoms with van der Waals surface area (Å²) >= 11 is 0. The van der Waals surface area contributed by atoms with Crippen LogP contribution in [0.15, 0.2) is 55.0 Å². The molecular weight excluding hydrogens is 438 g/mol. The highest BCUT2D eigenvalue weighted by molar-refractivity contribution is 5.96. The second-order valence-corrected chi connectivity index (χ2v) is 8.75. The van der Waals surface area contributed by atoms with Crippen LogP contribution in [0.2, 0.25) is 0 Å². The van der Waals surface area contributed by atoms with Crippen molar-refractivity contribution >= 4 is 28.2 Å². The molecule has 2 N–H and O–H groups in total. The van der Waals surface area contributed by atoms with E-state index in [0.717, 1.165) is 53.8 Å². The van der Waals surface area contributed by atoms with Gasteiger partial charge >= 0.3 is 0 Å². The fraction of sp³-hybridized carbons (Fsp3) is 0.259. The van der Waals surface area contributed by atoms with Crippen LogP contribution in [0, 0.1) is 11.8 Å². The van der Waals surface area contributed by atoms with E-state index in [9.17, 15) is 0 Å². The van der Waals surface area contributed by atoms with Crippen LogP contribution in [-0.2, 0) is 6.54 Å². The lowest BCUT2D eigenvalue weighted by Gasteiger charge is -2.24. The molecule has 6 rings (SSSR count). The fourth-order valence-electron chi connectivity index (χ4n) is 4.68. The van der Waals surface area contributed by atoms with Crippen molar-refractivity contribution in [1.82, 2.24) is 24.8 Å². The first-order valence-electron chi connectivity index (χ1n) is 11.8. The van der Waals surface area contributed by atoms with Crippen molar-refractivity contribution in [3.05, 3.63) is 71.8 Å². The van der Waals surface area contributed by atoms with Gasteiger partial charge in [-0.3, -0.25) is 4.90 Å². The van der Waals surface area contributed by atoms with E-state index in [2.05, 4.69) is 59.4 Å². The maximum atomic E-state index is 6.13. The van der Waals surface area contributed by atoms with Gasteiger partial charge in [0, 0.05) is 55.1 Å². The average molecular weight is 464 g/mol. The van der Waals surface area contributed by atoms with Gasteiger partial charge in [-0.05, 0) is 55.1 Å². The molecule has 174 valence electrons. The largest absolute Gasteiger partial charge is 0.476 e. The summed E-state index contributed by atoms with van der Waals surface area (Å²) in [5, 5.41) is 8.28. The van der Waals surface area contributed by atoms with Crippen molar-refractivity contribution in [2.75, 3.05) is 30.8 Å². The molecule has 1 saturated heterocycles. The molecule has 2 aliphatic rings. The van der Waals surface area contributed by atoms with E-state index < -0.39 is 0 Å². The summed E-state index contributed by atoms with van der Waals surface area (Å²) in [6, 6.07) is 12.2. The van der Waals surface area contributed by atoms with Crippen molar-refractivity contribution in [3.63, 3.8) is 0 Å². The summed E-state index contributed by atoms with van der Waals surface area (Å²) in [5.74, 6) is 9.22. The lowest BCUT2D eigenvalue weighted by Crippen LogP contribution is -2.33. The van der Waals surface area contributed by atoms with E-state index in [1.54, 1.807) is 12.4 Å². The number of pyridine rings is 4. The number of ether oxygens (including phenoxy) is 1. The van der Waals surface area contributed by atoms with Crippen molar-refractivity contribution in [2.24, 2.45) is 0 Å². The molecule has 4 aromatic heterocycles. The summed E-state index contributed by atoms with van der Waals surface area (Å²) < 4.78 is 6.13. The minimum absolute atomic E-state index is 0.346. The zero-order chi connectivity index (χ0) is 23.6. The van der Waals surface area contributed by atoms with Gasteiger partial charge in [0.25, 0.3) is 0 Å². The highest BCUT2D eigenvalue weighted by Crippen LogP contribution is 2.27. The first-order chi connectivity index (χ1) is 17.2. The molecule has 1 unspecified atom stereocenters. The van der Waals surface area contributed by atoms with E-state index in [0.29, 0.717) is 30.2 Å². The Hall–Kier alpha value is -4.22. The third-order valence-electron chi connectivity index (χ3n) is 6.45. The Morgan fingerprint density at radius 1 is 1.06 bits per heavy atom. The molecule has 0 amide bonds. The fourth-order valence-corrected chi connectivity index (χ4v) is 4.68. The van der Waals surface area contributed by atoms with Crippen molar-refractivity contribution in [3.8, 4) is 17.7 Å². The first-order valence-corrected chi connectivity index (χ1v) is 11.8. The lowest BCUT2D eigenvalue weighted by atomic mass is 10.1. The van der Waals surface area contributed by atoms with E-state index in [1.165, 1.54) is 5.56 Å². The number of anilines is 3. The smallest absolute Gasteiger partial charge is 0.215 e. The van der Waals surface area contributed by atoms with Gasteiger partial charge in [0.2, 0.25) is 5.88 Å². The molecular formula is C27H25N7O. The van der Waals surface area contributed by atoms with Crippen LogP contribution in [0.3, 0.4) is 0 Å². The zero-order valence-corrected chi connectivity index (χ0v) is 19.5. The van der Waals surface area contributed by atoms with Crippen LogP contribution in [0.4, 0.5) is 17.5 Å². The molecule has 8 nitrogen and oxygen atoms in total. The summed E-state index contributed by atoms with van der Waals surface area (Å²) in [7, 11) is 1.85. The van der Waals surface area contributed by atoms with E-state index in [-0.39, 0.29) is 0 Å². The molecule has 4 aromatic rings. The van der Waals surface area contributed by atoms with Crippen molar-refractivity contribution < 1.29 is 4.74 Å². The Labute approximate surface area is 203 Å². The molecule has 1 fully saturated rings. The number of nitrogens with one attached hydrogen (secondary N) is 2. The number of fused-ring (bicyclic) bond motifs is 6. The topological polar surface area (TPSA) is 88.1 Å². The number of aromatic nitrogens is 4. The van der Waals surface area contributed by atoms with Crippen molar-refractivity contribution in [2.45, 2.75) is 25.4 Å². The van der Waals surface area contributed by atoms with Crippen LogP contribution in [0.5, 0.6) is 5.88 Å².